The average molecular weight is 223 g/mol. The molecule has 0 saturated heterocycles. The zero-order chi connectivity index (χ0) is 10.7. The number of aromatic nitrogens is 1. The van der Waals surface area contributed by atoms with Crippen molar-refractivity contribution in [3.63, 3.8) is 0 Å². The van der Waals surface area contributed by atoms with Crippen LogP contribution < -0.4 is 0 Å². The number of thiazole rings is 1. The molecule has 0 N–H and O–H groups in total. The molecular weight excluding hydrogens is 206 g/mol. The molecule has 82 valence electrons. The van der Waals surface area contributed by atoms with Gasteiger partial charge >= 0.3 is 0 Å². The molecule has 3 heteroatoms. The Kier molecular flexibility index (Phi) is 3.19. The molecule has 1 heterocycles. The normalized spacial score (nSPS) is 31.4. The largest absolute Gasteiger partial charge is 0.303 e. The van der Waals surface area contributed by atoms with Crippen molar-refractivity contribution >= 4 is 17.6 Å². The maximum absolute atomic E-state index is 11.3. The van der Waals surface area contributed by atoms with E-state index < -0.39 is 0 Å². The first-order valence-corrected chi connectivity index (χ1v) is 6.52. The van der Waals surface area contributed by atoms with E-state index in [9.17, 15) is 4.79 Å². The molecule has 1 aromatic heterocycles. The Bertz CT molecular complexity index is 322. The highest BCUT2D eigenvalue weighted by atomic mass is 32.1. The molecule has 0 aromatic carbocycles. The van der Waals surface area contributed by atoms with Gasteiger partial charge in [0.05, 0.1) is 11.2 Å². The van der Waals surface area contributed by atoms with E-state index in [-0.39, 0.29) is 5.41 Å². The molecule has 0 bridgehead atoms. The van der Waals surface area contributed by atoms with Crippen LogP contribution in [0.1, 0.15) is 38.3 Å². The molecule has 0 amide bonds. The fraction of sp³-hybridized carbons (Fsp3) is 0.667. The summed E-state index contributed by atoms with van der Waals surface area (Å²) in [6.07, 6.45) is 6.55. The number of nitrogens with zero attached hydrogens (tertiary/aromatic N) is 1. The van der Waals surface area contributed by atoms with Gasteiger partial charge in [0.15, 0.2) is 0 Å². The van der Waals surface area contributed by atoms with E-state index >= 15 is 0 Å². The van der Waals surface area contributed by atoms with Crippen molar-refractivity contribution in [1.29, 1.82) is 0 Å². The highest BCUT2D eigenvalue weighted by Crippen LogP contribution is 2.40. The fourth-order valence-corrected chi connectivity index (χ4v) is 3.25. The van der Waals surface area contributed by atoms with E-state index in [0.29, 0.717) is 5.92 Å². The van der Waals surface area contributed by atoms with Crippen molar-refractivity contribution in [2.45, 2.75) is 39.0 Å². The van der Waals surface area contributed by atoms with Gasteiger partial charge in [0, 0.05) is 17.2 Å². The Hall–Kier alpha value is -0.700. The molecule has 2 atom stereocenters. The number of carbonyl (C=O) groups is 1. The van der Waals surface area contributed by atoms with Crippen molar-refractivity contribution < 1.29 is 4.79 Å². The molecule has 0 spiro atoms. The summed E-state index contributed by atoms with van der Waals surface area (Å²) in [5.74, 6) is 0.683. The monoisotopic (exact) mass is 223 g/mol. The van der Waals surface area contributed by atoms with E-state index in [2.05, 4.69) is 17.3 Å². The molecule has 0 radical (unpaired) electrons. The van der Waals surface area contributed by atoms with Crippen LogP contribution in [0, 0.1) is 11.3 Å². The van der Waals surface area contributed by atoms with Crippen molar-refractivity contribution in [3.8, 4) is 0 Å². The minimum atomic E-state index is -0.119. The standard InChI is InChI=1S/C12H17NOS/c1-10-3-2-4-12(5-10,8-14)6-11-7-15-9-13-11/h7-10H,2-6H2,1H3. The third kappa shape index (κ3) is 2.46. The molecule has 2 unspecified atom stereocenters. The number of carbonyl (C=O) groups excluding carboxylic acids is 1. The summed E-state index contributed by atoms with van der Waals surface area (Å²) in [5.41, 5.74) is 2.81. The van der Waals surface area contributed by atoms with E-state index in [1.807, 2.05) is 5.51 Å². The molecule has 1 aromatic rings. The van der Waals surface area contributed by atoms with Crippen LogP contribution in [0.5, 0.6) is 0 Å². The lowest BCUT2D eigenvalue weighted by molar-refractivity contribution is -0.118. The van der Waals surface area contributed by atoms with E-state index in [0.717, 1.165) is 25.0 Å². The van der Waals surface area contributed by atoms with Gasteiger partial charge in [-0.1, -0.05) is 19.8 Å². The van der Waals surface area contributed by atoms with E-state index in [1.165, 1.54) is 19.1 Å². The smallest absolute Gasteiger partial charge is 0.126 e. The summed E-state index contributed by atoms with van der Waals surface area (Å²) in [6, 6.07) is 0. The van der Waals surface area contributed by atoms with Crippen LogP contribution in [0.2, 0.25) is 0 Å². The first-order chi connectivity index (χ1) is 7.24. The van der Waals surface area contributed by atoms with Crippen molar-refractivity contribution in [2.24, 2.45) is 11.3 Å². The van der Waals surface area contributed by atoms with Gasteiger partial charge in [-0.25, -0.2) is 4.98 Å². The molecule has 1 aliphatic carbocycles. The predicted molar refractivity (Wildman–Crippen MR) is 61.9 cm³/mol. The van der Waals surface area contributed by atoms with Crippen LogP contribution >= 0.6 is 11.3 Å². The quantitative estimate of drug-likeness (QED) is 0.737. The first-order valence-electron chi connectivity index (χ1n) is 5.57. The van der Waals surface area contributed by atoms with Crippen LogP contribution in [-0.2, 0) is 11.2 Å². The summed E-state index contributed by atoms with van der Waals surface area (Å²) in [6.45, 7) is 2.25. The third-order valence-electron chi connectivity index (χ3n) is 3.39. The van der Waals surface area contributed by atoms with E-state index in [4.69, 9.17) is 0 Å². The van der Waals surface area contributed by atoms with Crippen molar-refractivity contribution in [3.05, 3.63) is 16.6 Å². The molecule has 2 nitrogen and oxygen atoms in total. The molecule has 1 saturated carbocycles. The van der Waals surface area contributed by atoms with E-state index in [1.54, 1.807) is 11.3 Å². The lowest BCUT2D eigenvalue weighted by atomic mass is 9.69. The second-order valence-corrected chi connectivity index (χ2v) is 5.56. The molecule has 2 rings (SSSR count). The first kappa shape index (κ1) is 10.8. The lowest BCUT2D eigenvalue weighted by Gasteiger charge is -2.35. The Morgan fingerprint density at radius 1 is 1.73 bits per heavy atom. The van der Waals surface area contributed by atoms with Crippen LogP contribution in [0.15, 0.2) is 10.9 Å². The lowest BCUT2D eigenvalue weighted by Crippen LogP contribution is -2.31. The highest BCUT2D eigenvalue weighted by Gasteiger charge is 2.35. The van der Waals surface area contributed by atoms with Crippen LogP contribution in [0.4, 0.5) is 0 Å². The van der Waals surface area contributed by atoms with Crippen LogP contribution in [0.3, 0.4) is 0 Å². The number of hydrogen-bond donors (Lipinski definition) is 0. The summed E-state index contributed by atoms with van der Waals surface area (Å²) in [4.78, 5) is 15.6. The predicted octanol–water partition coefficient (Wildman–Crippen LogP) is 3.08. The van der Waals surface area contributed by atoms with Gasteiger partial charge in [-0.15, -0.1) is 11.3 Å². The zero-order valence-electron chi connectivity index (χ0n) is 9.11. The second-order valence-electron chi connectivity index (χ2n) is 4.84. The second kappa shape index (κ2) is 4.44. The molecule has 1 fully saturated rings. The summed E-state index contributed by atoms with van der Waals surface area (Å²) in [7, 11) is 0. The van der Waals surface area contributed by atoms with Crippen molar-refractivity contribution in [2.75, 3.05) is 0 Å². The van der Waals surface area contributed by atoms with Gasteiger partial charge in [-0.2, -0.15) is 0 Å². The number of hydrogen-bond acceptors (Lipinski definition) is 3. The molecular formula is C12H17NOS. The summed E-state index contributed by atoms with van der Waals surface area (Å²) in [5, 5.41) is 2.06. The minimum absolute atomic E-state index is 0.119. The van der Waals surface area contributed by atoms with Gasteiger partial charge in [-0.05, 0) is 18.8 Å². The Morgan fingerprint density at radius 3 is 3.20 bits per heavy atom. The Balaban J connectivity index is 2.10. The summed E-state index contributed by atoms with van der Waals surface area (Å²) >= 11 is 1.61. The van der Waals surface area contributed by atoms with Gasteiger partial charge < -0.3 is 4.79 Å². The molecule has 1 aliphatic rings. The maximum Gasteiger partial charge on any atom is 0.126 e. The Labute approximate surface area is 94.7 Å². The highest BCUT2D eigenvalue weighted by molar-refractivity contribution is 7.07. The zero-order valence-corrected chi connectivity index (χ0v) is 9.93. The summed E-state index contributed by atoms with van der Waals surface area (Å²) < 4.78 is 0. The van der Waals surface area contributed by atoms with Gasteiger partial charge in [0.2, 0.25) is 0 Å². The molecule has 0 aliphatic heterocycles. The maximum atomic E-state index is 11.3. The number of rotatable bonds is 3. The number of aldehydes is 1. The van der Waals surface area contributed by atoms with Crippen LogP contribution in [-0.4, -0.2) is 11.3 Å². The SMILES string of the molecule is CC1CCCC(C=O)(Cc2cscn2)C1. The Morgan fingerprint density at radius 2 is 2.60 bits per heavy atom. The van der Waals surface area contributed by atoms with Gasteiger partial charge in [0.1, 0.15) is 6.29 Å². The third-order valence-corrected chi connectivity index (χ3v) is 4.03. The molecule has 15 heavy (non-hydrogen) atoms. The topological polar surface area (TPSA) is 30.0 Å². The van der Waals surface area contributed by atoms with Gasteiger partial charge in [0.25, 0.3) is 0 Å². The van der Waals surface area contributed by atoms with Crippen molar-refractivity contribution in [1.82, 2.24) is 4.98 Å². The van der Waals surface area contributed by atoms with Gasteiger partial charge in [-0.3, -0.25) is 0 Å². The fourth-order valence-electron chi connectivity index (χ4n) is 2.70. The van der Waals surface area contributed by atoms with Crippen LogP contribution in [0.25, 0.3) is 0 Å². The minimum Gasteiger partial charge on any atom is -0.303 e. The average Bonchev–Trinajstić information content (AvgIpc) is 2.70.